The summed E-state index contributed by atoms with van der Waals surface area (Å²) in [5.74, 6) is 1.65. The van der Waals surface area contributed by atoms with Crippen LogP contribution >= 0.6 is 0 Å². The second kappa shape index (κ2) is 3.42. The van der Waals surface area contributed by atoms with Crippen molar-refractivity contribution in [2.24, 2.45) is 11.1 Å². The summed E-state index contributed by atoms with van der Waals surface area (Å²) in [5, 5.41) is 0. The quantitative estimate of drug-likeness (QED) is 0.767. The van der Waals surface area contributed by atoms with E-state index in [1.807, 2.05) is 18.2 Å². The van der Waals surface area contributed by atoms with Crippen LogP contribution in [-0.4, -0.2) is 13.7 Å². The number of benzene rings is 1. The van der Waals surface area contributed by atoms with Gasteiger partial charge in [0.1, 0.15) is 11.5 Å². The zero-order valence-corrected chi connectivity index (χ0v) is 9.41. The third-order valence-electron chi connectivity index (χ3n) is 3.00. The monoisotopic (exact) mass is 207 g/mol. The van der Waals surface area contributed by atoms with E-state index in [2.05, 4.69) is 13.8 Å². The molecule has 82 valence electrons. The van der Waals surface area contributed by atoms with Crippen LogP contribution in [-0.2, 0) is 0 Å². The molecule has 0 bridgehead atoms. The molecule has 3 heteroatoms. The Kier molecular flexibility index (Phi) is 2.35. The summed E-state index contributed by atoms with van der Waals surface area (Å²) in [4.78, 5) is 0. The van der Waals surface area contributed by atoms with Crippen LogP contribution in [0.25, 0.3) is 0 Å². The normalized spacial score (nSPS) is 22.8. The van der Waals surface area contributed by atoms with E-state index in [0.29, 0.717) is 6.61 Å². The van der Waals surface area contributed by atoms with Crippen LogP contribution in [0.5, 0.6) is 11.5 Å². The lowest BCUT2D eigenvalue weighted by Crippen LogP contribution is -2.38. The average molecular weight is 207 g/mol. The molecule has 0 aromatic heterocycles. The highest BCUT2D eigenvalue weighted by atomic mass is 16.5. The molecule has 1 aliphatic heterocycles. The molecule has 0 spiro atoms. The smallest absolute Gasteiger partial charge is 0.127 e. The standard InChI is InChI=1S/C12H17NO2/c1-12(2)7-15-10-6-8(14-3)4-5-9(10)11(12)13/h4-6,11H,7,13H2,1-3H3. The number of hydrogen-bond acceptors (Lipinski definition) is 3. The van der Waals surface area contributed by atoms with Gasteiger partial charge in [0.2, 0.25) is 0 Å². The summed E-state index contributed by atoms with van der Waals surface area (Å²) in [7, 11) is 1.65. The van der Waals surface area contributed by atoms with Gasteiger partial charge in [0, 0.05) is 23.1 Å². The Morgan fingerprint density at radius 1 is 1.47 bits per heavy atom. The molecule has 0 fully saturated rings. The summed E-state index contributed by atoms with van der Waals surface area (Å²) in [5.41, 5.74) is 7.24. The van der Waals surface area contributed by atoms with Crippen LogP contribution in [0.3, 0.4) is 0 Å². The highest BCUT2D eigenvalue weighted by Gasteiger charge is 2.34. The van der Waals surface area contributed by atoms with E-state index in [1.165, 1.54) is 0 Å². The molecule has 1 unspecified atom stereocenters. The molecule has 1 atom stereocenters. The molecule has 15 heavy (non-hydrogen) atoms. The third-order valence-corrected chi connectivity index (χ3v) is 3.00. The van der Waals surface area contributed by atoms with Crippen molar-refractivity contribution in [2.45, 2.75) is 19.9 Å². The van der Waals surface area contributed by atoms with Crippen molar-refractivity contribution in [1.29, 1.82) is 0 Å². The minimum absolute atomic E-state index is 0.0123. The number of rotatable bonds is 1. The van der Waals surface area contributed by atoms with Crippen LogP contribution in [0.2, 0.25) is 0 Å². The van der Waals surface area contributed by atoms with E-state index in [9.17, 15) is 0 Å². The van der Waals surface area contributed by atoms with Gasteiger partial charge in [0.25, 0.3) is 0 Å². The maximum Gasteiger partial charge on any atom is 0.127 e. The average Bonchev–Trinajstić information content (AvgIpc) is 2.23. The minimum atomic E-state index is -0.0123. The molecule has 0 amide bonds. The first-order valence-corrected chi connectivity index (χ1v) is 5.11. The SMILES string of the molecule is COc1ccc2c(c1)OCC(C)(C)C2N. The first-order valence-electron chi connectivity index (χ1n) is 5.11. The van der Waals surface area contributed by atoms with E-state index in [-0.39, 0.29) is 11.5 Å². The van der Waals surface area contributed by atoms with Crippen LogP contribution in [0, 0.1) is 5.41 Å². The number of hydrogen-bond donors (Lipinski definition) is 1. The second-order valence-electron chi connectivity index (χ2n) is 4.66. The van der Waals surface area contributed by atoms with Gasteiger partial charge in [-0.3, -0.25) is 0 Å². The van der Waals surface area contributed by atoms with E-state index in [4.69, 9.17) is 15.2 Å². The third kappa shape index (κ3) is 1.67. The predicted molar refractivity (Wildman–Crippen MR) is 59.2 cm³/mol. The van der Waals surface area contributed by atoms with Gasteiger partial charge in [-0.15, -0.1) is 0 Å². The first-order chi connectivity index (χ1) is 7.04. The Morgan fingerprint density at radius 3 is 2.87 bits per heavy atom. The number of nitrogens with two attached hydrogens (primary N) is 1. The van der Waals surface area contributed by atoms with Gasteiger partial charge in [-0.1, -0.05) is 19.9 Å². The molecule has 0 radical (unpaired) electrons. The largest absolute Gasteiger partial charge is 0.497 e. The first kappa shape index (κ1) is 10.3. The van der Waals surface area contributed by atoms with E-state index >= 15 is 0 Å². The maximum absolute atomic E-state index is 6.19. The summed E-state index contributed by atoms with van der Waals surface area (Å²) in [6, 6.07) is 5.82. The van der Waals surface area contributed by atoms with Gasteiger partial charge in [0.15, 0.2) is 0 Å². The molecule has 0 saturated heterocycles. The fourth-order valence-corrected chi connectivity index (χ4v) is 1.80. The maximum atomic E-state index is 6.19. The lowest BCUT2D eigenvalue weighted by atomic mass is 9.80. The summed E-state index contributed by atoms with van der Waals surface area (Å²) < 4.78 is 10.8. The van der Waals surface area contributed by atoms with Gasteiger partial charge in [0.05, 0.1) is 13.7 Å². The van der Waals surface area contributed by atoms with Crippen LogP contribution in [0.1, 0.15) is 25.5 Å². The van der Waals surface area contributed by atoms with Crippen molar-refractivity contribution in [3.8, 4) is 11.5 Å². The zero-order valence-electron chi connectivity index (χ0n) is 9.41. The molecule has 1 heterocycles. The Labute approximate surface area is 90.2 Å². The lowest BCUT2D eigenvalue weighted by Gasteiger charge is -2.37. The Balaban J connectivity index is 2.42. The molecular weight excluding hydrogens is 190 g/mol. The van der Waals surface area contributed by atoms with Crippen molar-refractivity contribution < 1.29 is 9.47 Å². The molecule has 1 aliphatic rings. The van der Waals surface area contributed by atoms with Crippen LogP contribution in [0.15, 0.2) is 18.2 Å². The minimum Gasteiger partial charge on any atom is -0.497 e. The molecule has 1 aromatic rings. The van der Waals surface area contributed by atoms with Gasteiger partial charge >= 0.3 is 0 Å². The van der Waals surface area contributed by atoms with Crippen molar-refractivity contribution in [1.82, 2.24) is 0 Å². The fourth-order valence-electron chi connectivity index (χ4n) is 1.80. The summed E-state index contributed by atoms with van der Waals surface area (Å²) in [6.45, 7) is 4.88. The van der Waals surface area contributed by atoms with Gasteiger partial charge in [-0.25, -0.2) is 0 Å². The van der Waals surface area contributed by atoms with Crippen molar-refractivity contribution in [3.63, 3.8) is 0 Å². The van der Waals surface area contributed by atoms with Crippen molar-refractivity contribution in [3.05, 3.63) is 23.8 Å². The van der Waals surface area contributed by atoms with Gasteiger partial charge in [-0.2, -0.15) is 0 Å². The molecule has 2 rings (SSSR count). The van der Waals surface area contributed by atoms with Crippen molar-refractivity contribution >= 4 is 0 Å². The van der Waals surface area contributed by atoms with Crippen LogP contribution < -0.4 is 15.2 Å². The van der Waals surface area contributed by atoms with Gasteiger partial charge in [-0.05, 0) is 6.07 Å². The molecule has 3 nitrogen and oxygen atoms in total. The number of methoxy groups -OCH3 is 1. The molecule has 1 aromatic carbocycles. The second-order valence-corrected chi connectivity index (χ2v) is 4.66. The number of ether oxygens (including phenoxy) is 2. The highest BCUT2D eigenvalue weighted by molar-refractivity contribution is 5.44. The summed E-state index contributed by atoms with van der Waals surface area (Å²) >= 11 is 0. The van der Waals surface area contributed by atoms with E-state index in [0.717, 1.165) is 17.1 Å². The Hall–Kier alpha value is -1.22. The van der Waals surface area contributed by atoms with Crippen molar-refractivity contribution in [2.75, 3.05) is 13.7 Å². The van der Waals surface area contributed by atoms with Crippen LogP contribution in [0.4, 0.5) is 0 Å². The zero-order chi connectivity index (χ0) is 11.1. The molecule has 0 aliphatic carbocycles. The Bertz CT molecular complexity index is 374. The summed E-state index contributed by atoms with van der Waals surface area (Å²) in [6.07, 6.45) is 0. The molecule has 0 saturated carbocycles. The van der Waals surface area contributed by atoms with E-state index in [1.54, 1.807) is 7.11 Å². The fraction of sp³-hybridized carbons (Fsp3) is 0.500. The van der Waals surface area contributed by atoms with Gasteiger partial charge < -0.3 is 15.2 Å². The molecular formula is C12H17NO2. The highest BCUT2D eigenvalue weighted by Crippen LogP contribution is 2.42. The Morgan fingerprint density at radius 2 is 2.20 bits per heavy atom. The number of fused-ring (bicyclic) bond motifs is 1. The topological polar surface area (TPSA) is 44.5 Å². The molecule has 2 N–H and O–H groups in total. The predicted octanol–water partition coefficient (Wildman–Crippen LogP) is 2.11. The van der Waals surface area contributed by atoms with E-state index < -0.39 is 0 Å². The lowest BCUT2D eigenvalue weighted by molar-refractivity contribution is 0.122.